The molecule has 4 rings (SSSR count). The summed E-state index contributed by atoms with van der Waals surface area (Å²) in [5, 5.41) is 0. The number of hydrogen-bond donors (Lipinski definition) is 0. The van der Waals surface area contributed by atoms with Crippen molar-refractivity contribution in [2.24, 2.45) is 0 Å². The summed E-state index contributed by atoms with van der Waals surface area (Å²) < 4.78 is 5.98. The number of carbonyl (C=O) groups is 1. The van der Waals surface area contributed by atoms with E-state index in [9.17, 15) is 4.79 Å². The van der Waals surface area contributed by atoms with E-state index in [1.807, 2.05) is 29.3 Å². The van der Waals surface area contributed by atoms with Gasteiger partial charge in [0.05, 0.1) is 5.69 Å². The second kappa shape index (κ2) is 8.91. The first-order valence-corrected chi connectivity index (χ1v) is 10.6. The van der Waals surface area contributed by atoms with Crippen molar-refractivity contribution in [2.75, 3.05) is 32.8 Å². The van der Waals surface area contributed by atoms with Crippen LogP contribution in [0.25, 0.3) is 0 Å². The molecule has 0 saturated carbocycles. The molecule has 1 fully saturated rings. The predicted octanol–water partition coefficient (Wildman–Crippen LogP) is 2.95. The molecule has 1 saturated heterocycles. The van der Waals surface area contributed by atoms with Crippen LogP contribution in [0.4, 0.5) is 0 Å². The highest BCUT2D eigenvalue weighted by Crippen LogP contribution is 2.26. The third-order valence-electron chi connectivity index (χ3n) is 6.03. The minimum Gasteiger partial charge on any atom is -0.492 e. The summed E-state index contributed by atoms with van der Waals surface area (Å²) >= 11 is 0. The number of hydrogen-bond acceptors (Lipinski definition) is 5. The quantitative estimate of drug-likeness (QED) is 0.780. The van der Waals surface area contributed by atoms with Crippen LogP contribution in [0.3, 0.4) is 0 Å². The van der Waals surface area contributed by atoms with Crippen molar-refractivity contribution in [3.63, 3.8) is 0 Å². The van der Waals surface area contributed by atoms with E-state index in [2.05, 4.69) is 22.9 Å². The van der Waals surface area contributed by atoms with Gasteiger partial charge in [0.25, 0.3) is 0 Å². The Kier molecular flexibility index (Phi) is 6.09. The van der Waals surface area contributed by atoms with Crippen molar-refractivity contribution >= 4 is 5.91 Å². The van der Waals surface area contributed by atoms with E-state index < -0.39 is 0 Å². The topological polar surface area (TPSA) is 58.6 Å². The van der Waals surface area contributed by atoms with Crippen LogP contribution in [0.2, 0.25) is 0 Å². The number of piperidine rings is 1. The first kappa shape index (κ1) is 19.8. The van der Waals surface area contributed by atoms with E-state index in [1.54, 1.807) is 6.92 Å². The molecule has 1 amide bonds. The predicted molar refractivity (Wildman–Crippen MR) is 112 cm³/mol. The van der Waals surface area contributed by atoms with Crippen molar-refractivity contribution in [3.8, 4) is 5.75 Å². The number of ether oxygens (including phenoxy) is 1. The van der Waals surface area contributed by atoms with Gasteiger partial charge in [-0.3, -0.25) is 9.69 Å². The third kappa shape index (κ3) is 4.75. The molecule has 1 atom stereocenters. The monoisotopic (exact) mass is 394 g/mol. The number of carbonyl (C=O) groups excluding carboxylic acids is 1. The molecule has 154 valence electrons. The zero-order valence-electron chi connectivity index (χ0n) is 17.4. The fraction of sp³-hybridized carbons (Fsp3) is 0.522. The zero-order chi connectivity index (χ0) is 20.2. The van der Waals surface area contributed by atoms with Crippen LogP contribution in [0.1, 0.15) is 48.3 Å². The fourth-order valence-electron chi connectivity index (χ4n) is 4.27. The molecule has 0 N–H and O–H groups in total. The molecular formula is C23H30N4O2. The van der Waals surface area contributed by atoms with Gasteiger partial charge in [0.15, 0.2) is 0 Å². The summed E-state index contributed by atoms with van der Waals surface area (Å²) in [7, 11) is 0. The Hall–Kier alpha value is -2.47. The van der Waals surface area contributed by atoms with Gasteiger partial charge in [-0.25, -0.2) is 9.97 Å². The molecule has 2 aliphatic heterocycles. The minimum atomic E-state index is 0.121. The lowest BCUT2D eigenvalue weighted by atomic mass is 9.96. The average Bonchev–Trinajstić information content (AvgIpc) is 2.74. The van der Waals surface area contributed by atoms with Crippen LogP contribution in [-0.2, 0) is 17.8 Å². The number of aromatic nitrogens is 2. The Morgan fingerprint density at radius 2 is 2.14 bits per heavy atom. The average molecular weight is 395 g/mol. The normalized spacial score (nSPS) is 19.7. The number of nitrogens with zero attached hydrogens (tertiary/aromatic N) is 4. The van der Waals surface area contributed by atoms with Gasteiger partial charge in [0.1, 0.15) is 18.2 Å². The van der Waals surface area contributed by atoms with Gasteiger partial charge in [-0.05, 0) is 37.9 Å². The maximum atomic E-state index is 11.6. The van der Waals surface area contributed by atoms with Gasteiger partial charge >= 0.3 is 0 Å². The molecule has 6 heteroatoms. The summed E-state index contributed by atoms with van der Waals surface area (Å²) in [6.45, 7) is 8.80. The number of amides is 1. The SMILES string of the molecule is CC(=O)N1CCc2nc([C@@H]3CCCN(CCOc4ccccc4C)C3)ncc2C1. The van der Waals surface area contributed by atoms with Crippen LogP contribution in [0.5, 0.6) is 5.75 Å². The van der Waals surface area contributed by atoms with Crippen LogP contribution >= 0.6 is 0 Å². The van der Waals surface area contributed by atoms with Crippen molar-refractivity contribution < 1.29 is 9.53 Å². The number of aryl methyl sites for hydroxylation is 1. The molecule has 2 aromatic rings. The second-order valence-electron chi connectivity index (χ2n) is 8.14. The first-order valence-electron chi connectivity index (χ1n) is 10.6. The molecule has 0 bridgehead atoms. The highest BCUT2D eigenvalue weighted by atomic mass is 16.5. The van der Waals surface area contributed by atoms with Gasteiger partial charge in [-0.2, -0.15) is 0 Å². The summed E-state index contributed by atoms with van der Waals surface area (Å²) in [6.07, 6.45) is 5.05. The standard InChI is InChI=1S/C23H30N4O2/c1-17-6-3-4-8-22(17)29-13-12-26-10-5-7-19(15-26)23-24-14-20-16-27(18(2)28)11-9-21(20)25-23/h3-4,6,8,14,19H,5,7,9-13,15-16H2,1-2H3/t19-/m1/s1. The molecule has 0 spiro atoms. The van der Waals surface area contributed by atoms with Gasteiger partial charge in [-0.1, -0.05) is 18.2 Å². The van der Waals surface area contributed by atoms with Crippen LogP contribution in [-0.4, -0.2) is 58.5 Å². The molecule has 3 heterocycles. The zero-order valence-corrected chi connectivity index (χ0v) is 17.4. The van der Waals surface area contributed by atoms with Crippen LogP contribution in [0, 0.1) is 6.92 Å². The Balaban J connectivity index is 1.34. The van der Waals surface area contributed by atoms with Crippen molar-refractivity contribution in [2.45, 2.75) is 45.6 Å². The highest BCUT2D eigenvalue weighted by molar-refractivity contribution is 5.73. The third-order valence-corrected chi connectivity index (χ3v) is 6.03. The smallest absolute Gasteiger partial charge is 0.219 e. The van der Waals surface area contributed by atoms with Crippen LogP contribution < -0.4 is 4.74 Å². The largest absolute Gasteiger partial charge is 0.492 e. The van der Waals surface area contributed by atoms with E-state index in [4.69, 9.17) is 9.72 Å². The van der Waals surface area contributed by atoms with Crippen LogP contribution in [0.15, 0.2) is 30.5 Å². The van der Waals surface area contributed by atoms with Crippen molar-refractivity contribution in [3.05, 3.63) is 53.1 Å². The Labute approximate surface area is 172 Å². The van der Waals surface area contributed by atoms with Gasteiger partial charge in [0.2, 0.25) is 5.91 Å². The summed E-state index contributed by atoms with van der Waals surface area (Å²) in [4.78, 5) is 25.5. The molecule has 0 aliphatic carbocycles. The van der Waals surface area contributed by atoms with E-state index in [0.717, 1.165) is 68.3 Å². The maximum absolute atomic E-state index is 11.6. The molecule has 1 aromatic heterocycles. The van der Waals surface area contributed by atoms with Crippen molar-refractivity contribution in [1.82, 2.24) is 19.8 Å². The number of fused-ring (bicyclic) bond motifs is 1. The van der Waals surface area contributed by atoms with E-state index in [0.29, 0.717) is 19.1 Å². The number of rotatable bonds is 5. The van der Waals surface area contributed by atoms with Crippen molar-refractivity contribution in [1.29, 1.82) is 0 Å². The maximum Gasteiger partial charge on any atom is 0.219 e. The van der Waals surface area contributed by atoms with E-state index >= 15 is 0 Å². The van der Waals surface area contributed by atoms with Gasteiger partial charge in [0, 0.05) is 57.2 Å². The molecular weight excluding hydrogens is 364 g/mol. The number of para-hydroxylation sites is 1. The fourth-order valence-corrected chi connectivity index (χ4v) is 4.27. The van der Waals surface area contributed by atoms with Gasteiger partial charge < -0.3 is 9.64 Å². The summed E-state index contributed by atoms with van der Waals surface area (Å²) in [5.41, 5.74) is 3.39. The van der Waals surface area contributed by atoms with Gasteiger partial charge in [-0.15, -0.1) is 0 Å². The van der Waals surface area contributed by atoms with E-state index in [-0.39, 0.29) is 5.91 Å². The summed E-state index contributed by atoms with van der Waals surface area (Å²) in [6, 6.07) is 8.16. The van der Waals surface area contributed by atoms with E-state index in [1.165, 1.54) is 5.56 Å². The molecule has 1 aromatic carbocycles. The lowest BCUT2D eigenvalue weighted by Gasteiger charge is -2.32. The molecule has 0 radical (unpaired) electrons. The number of likely N-dealkylation sites (tertiary alicyclic amines) is 1. The Bertz CT molecular complexity index is 870. The molecule has 6 nitrogen and oxygen atoms in total. The Morgan fingerprint density at radius 1 is 1.28 bits per heavy atom. The Morgan fingerprint density at radius 3 is 2.97 bits per heavy atom. The highest BCUT2D eigenvalue weighted by Gasteiger charge is 2.26. The molecule has 29 heavy (non-hydrogen) atoms. The molecule has 2 aliphatic rings. The summed E-state index contributed by atoms with van der Waals surface area (Å²) in [5.74, 6) is 2.43. The lowest BCUT2D eigenvalue weighted by molar-refractivity contribution is -0.129. The minimum absolute atomic E-state index is 0.121. The first-order chi connectivity index (χ1) is 14.1. The number of benzene rings is 1. The molecule has 0 unspecified atom stereocenters. The second-order valence-corrected chi connectivity index (χ2v) is 8.14. The lowest BCUT2D eigenvalue weighted by Crippen LogP contribution is -2.38.